The van der Waals surface area contributed by atoms with Crippen LogP contribution in [0.15, 0.2) is 67.1 Å². The summed E-state index contributed by atoms with van der Waals surface area (Å²) in [4.78, 5) is 16.6. The minimum atomic E-state index is -0.254. The molecule has 0 radical (unpaired) electrons. The molecular formula is C24H21FN4O. The standard InChI is InChI=1S/C24H21FN4O/c1-28(22-10-17(4-3-9-30)13-26-15-22)16-20-6-5-19(12-23(20)25)18-7-8-24-21(11-18)14-27-29(24)2/h3-15H,16H2,1-2H3/b4-3+. The molecule has 0 bridgehead atoms. The Hall–Kier alpha value is -3.80. The van der Waals surface area contributed by atoms with E-state index in [2.05, 4.69) is 10.1 Å². The number of halogens is 1. The summed E-state index contributed by atoms with van der Waals surface area (Å²) >= 11 is 0. The van der Waals surface area contributed by atoms with Crippen molar-refractivity contribution in [2.45, 2.75) is 6.54 Å². The van der Waals surface area contributed by atoms with Crippen LogP contribution in [0.1, 0.15) is 11.1 Å². The largest absolute Gasteiger partial charge is 0.369 e. The molecule has 0 atom stereocenters. The first kappa shape index (κ1) is 19.5. The maximum absolute atomic E-state index is 14.9. The summed E-state index contributed by atoms with van der Waals surface area (Å²) < 4.78 is 16.7. The van der Waals surface area contributed by atoms with Gasteiger partial charge < -0.3 is 4.90 Å². The molecule has 4 aromatic rings. The molecule has 0 spiro atoms. The van der Waals surface area contributed by atoms with Crippen molar-refractivity contribution in [2.24, 2.45) is 7.05 Å². The van der Waals surface area contributed by atoms with Crippen LogP contribution in [0, 0.1) is 5.82 Å². The molecule has 0 aliphatic carbocycles. The van der Waals surface area contributed by atoms with Crippen LogP contribution in [-0.4, -0.2) is 28.1 Å². The van der Waals surface area contributed by atoms with E-state index >= 15 is 0 Å². The molecule has 150 valence electrons. The van der Waals surface area contributed by atoms with Gasteiger partial charge in [-0.25, -0.2) is 4.39 Å². The van der Waals surface area contributed by atoms with Crippen LogP contribution >= 0.6 is 0 Å². The Labute approximate surface area is 174 Å². The van der Waals surface area contributed by atoms with Crippen molar-refractivity contribution in [1.29, 1.82) is 0 Å². The molecule has 4 rings (SSSR count). The van der Waals surface area contributed by atoms with Crippen molar-refractivity contribution in [3.8, 4) is 11.1 Å². The number of hydrogen-bond donors (Lipinski definition) is 0. The molecular weight excluding hydrogens is 379 g/mol. The molecule has 6 heteroatoms. The zero-order valence-corrected chi connectivity index (χ0v) is 16.8. The number of rotatable bonds is 6. The second-order valence-corrected chi connectivity index (χ2v) is 7.18. The summed E-state index contributed by atoms with van der Waals surface area (Å²) in [6.07, 6.45) is 9.03. The molecule has 0 amide bonds. The van der Waals surface area contributed by atoms with Crippen LogP contribution in [0.25, 0.3) is 28.1 Å². The van der Waals surface area contributed by atoms with Crippen molar-refractivity contribution < 1.29 is 9.18 Å². The summed E-state index contributed by atoms with van der Waals surface area (Å²) in [7, 11) is 3.78. The third-order valence-corrected chi connectivity index (χ3v) is 5.09. The number of benzene rings is 2. The first-order chi connectivity index (χ1) is 14.5. The van der Waals surface area contributed by atoms with Crippen LogP contribution in [0.3, 0.4) is 0 Å². The number of aromatic nitrogens is 3. The van der Waals surface area contributed by atoms with Crippen LogP contribution in [0.4, 0.5) is 10.1 Å². The van der Waals surface area contributed by atoms with E-state index in [1.54, 1.807) is 24.5 Å². The second kappa shape index (κ2) is 8.29. The second-order valence-electron chi connectivity index (χ2n) is 7.18. The summed E-state index contributed by atoms with van der Waals surface area (Å²) in [5.41, 5.74) is 5.07. The average Bonchev–Trinajstić information content (AvgIpc) is 3.14. The van der Waals surface area contributed by atoms with E-state index in [1.807, 2.05) is 66.3 Å². The van der Waals surface area contributed by atoms with Gasteiger partial charge in [-0.15, -0.1) is 0 Å². The molecule has 0 aliphatic heterocycles. The van der Waals surface area contributed by atoms with Gasteiger partial charge in [-0.3, -0.25) is 14.5 Å². The maximum atomic E-state index is 14.9. The van der Waals surface area contributed by atoms with Crippen molar-refractivity contribution >= 4 is 29.0 Å². The summed E-state index contributed by atoms with van der Waals surface area (Å²) in [5.74, 6) is -0.254. The van der Waals surface area contributed by atoms with E-state index in [0.29, 0.717) is 12.1 Å². The van der Waals surface area contributed by atoms with E-state index in [4.69, 9.17) is 0 Å². The van der Waals surface area contributed by atoms with E-state index in [0.717, 1.165) is 39.6 Å². The number of nitrogens with zero attached hydrogens (tertiary/aromatic N) is 4. The number of fused-ring (bicyclic) bond motifs is 1. The van der Waals surface area contributed by atoms with Gasteiger partial charge in [-0.1, -0.05) is 24.3 Å². The molecule has 0 fully saturated rings. The highest BCUT2D eigenvalue weighted by molar-refractivity contribution is 5.84. The zero-order chi connectivity index (χ0) is 21.1. The molecule has 2 heterocycles. The van der Waals surface area contributed by atoms with Crippen LogP contribution < -0.4 is 4.90 Å². The molecule has 0 unspecified atom stereocenters. The topological polar surface area (TPSA) is 51.0 Å². The lowest BCUT2D eigenvalue weighted by Crippen LogP contribution is -2.17. The predicted molar refractivity (Wildman–Crippen MR) is 118 cm³/mol. The van der Waals surface area contributed by atoms with Gasteiger partial charge >= 0.3 is 0 Å². The molecule has 0 saturated heterocycles. The highest BCUT2D eigenvalue weighted by Gasteiger charge is 2.10. The molecule has 0 aliphatic rings. The van der Waals surface area contributed by atoms with Gasteiger partial charge in [0.1, 0.15) is 12.1 Å². The Bertz CT molecular complexity index is 1250. The Kier molecular flexibility index (Phi) is 5.39. The van der Waals surface area contributed by atoms with Gasteiger partial charge in [0, 0.05) is 37.8 Å². The lowest BCUT2D eigenvalue weighted by molar-refractivity contribution is -0.104. The van der Waals surface area contributed by atoms with E-state index in [-0.39, 0.29) is 5.82 Å². The number of pyridine rings is 1. The molecule has 2 aromatic heterocycles. The Balaban J connectivity index is 1.55. The SMILES string of the molecule is CN(Cc1ccc(-c2ccc3c(cnn3C)c2)cc1F)c1cncc(/C=C/C=O)c1. The number of anilines is 1. The molecule has 30 heavy (non-hydrogen) atoms. The van der Waals surface area contributed by atoms with Gasteiger partial charge in [-0.2, -0.15) is 5.10 Å². The van der Waals surface area contributed by atoms with Crippen molar-refractivity contribution in [2.75, 3.05) is 11.9 Å². The quantitative estimate of drug-likeness (QED) is 0.350. The molecule has 0 saturated carbocycles. The van der Waals surface area contributed by atoms with Crippen molar-refractivity contribution in [1.82, 2.24) is 14.8 Å². The number of aryl methyl sites for hydroxylation is 1. The van der Waals surface area contributed by atoms with Crippen LogP contribution in [0.5, 0.6) is 0 Å². The minimum absolute atomic E-state index is 0.254. The first-order valence-corrected chi connectivity index (χ1v) is 9.54. The average molecular weight is 400 g/mol. The van der Waals surface area contributed by atoms with Crippen LogP contribution in [-0.2, 0) is 18.4 Å². The highest BCUT2D eigenvalue weighted by Crippen LogP contribution is 2.27. The number of carbonyl (C=O) groups is 1. The Morgan fingerprint density at radius 1 is 1.07 bits per heavy atom. The van der Waals surface area contributed by atoms with Gasteiger partial charge in [0.15, 0.2) is 0 Å². The summed E-state index contributed by atoms with van der Waals surface area (Å²) in [6.45, 7) is 0.399. The monoisotopic (exact) mass is 400 g/mol. The van der Waals surface area contributed by atoms with Gasteiger partial charge in [0.25, 0.3) is 0 Å². The van der Waals surface area contributed by atoms with E-state index in [1.165, 1.54) is 6.08 Å². The third-order valence-electron chi connectivity index (χ3n) is 5.09. The fourth-order valence-corrected chi connectivity index (χ4v) is 3.44. The summed E-state index contributed by atoms with van der Waals surface area (Å²) in [5, 5.41) is 5.28. The minimum Gasteiger partial charge on any atom is -0.369 e. The smallest absolute Gasteiger partial charge is 0.142 e. The third kappa shape index (κ3) is 3.98. The molecule has 5 nitrogen and oxygen atoms in total. The number of hydrogen-bond acceptors (Lipinski definition) is 4. The number of aldehydes is 1. The number of carbonyl (C=O) groups excluding carboxylic acids is 1. The molecule has 0 N–H and O–H groups in total. The fraction of sp³-hybridized carbons (Fsp3) is 0.125. The molecule has 2 aromatic carbocycles. The fourth-order valence-electron chi connectivity index (χ4n) is 3.44. The van der Waals surface area contributed by atoms with Gasteiger partial charge in [-0.05, 0) is 47.0 Å². The lowest BCUT2D eigenvalue weighted by atomic mass is 10.0. The first-order valence-electron chi connectivity index (χ1n) is 9.54. The Morgan fingerprint density at radius 2 is 1.87 bits per heavy atom. The summed E-state index contributed by atoms with van der Waals surface area (Å²) in [6, 6.07) is 13.2. The van der Waals surface area contributed by atoms with Crippen molar-refractivity contribution in [3.63, 3.8) is 0 Å². The van der Waals surface area contributed by atoms with E-state index in [9.17, 15) is 9.18 Å². The number of allylic oxidation sites excluding steroid dienone is 1. The van der Waals surface area contributed by atoms with Gasteiger partial charge in [0.2, 0.25) is 0 Å². The van der Waals surface area contributed by atoms with Crippen LogP contribution in [0.2, 0.25) is 0 Å². The maximum Gasteiger partial charge on any atom is 0.142 e. The van der Waals surface area contributed by atoms with Crippen molar-refractivity contribution in [3.05, 3.63) is 84.1 Å². The van der Waals surface area contributed by atoms with E-state index < -0.39 is 0 Å². The zero-order valence-electron chi connectivity index (χ0n) is 16.8. The normalized spacial score (nSPS) is 11.3. The van der Waals surface area contributed by atoms with Gasteiger partial charge in [0.05, 0.1) is 23.6 Å². The predicted octanol–water partition coefficient (Wildman–Crippen LogP) is 4.62. The Morgan fingerprint density at radius 3 is 2.67 bits per heavy atom. The highest BCUT2D eigenvalue weighted by atomic mass is 19.1. The lowest BCUT2D eigenvalue weighted by Gasteiger charge is -2.20.